The highest BCUT2D eigenvalue weighted by atomic mass is 19.1. The second-order valence-corrected chi connectivity index (χ2v) is 5.10. The van der Waals surface area contributed by atoms with Crippen LogP contribution in [0.4, 0.5) is 4.39 Å². The van der Waals surface area contributed by atoms with Crippen LogP contribution in [0.2, 0.25) is 0 Å². The van der Waals surface area contributed by atoms with Gasteiger partial charge in [-0.25, -0.2) is 4.39 Å². The molecule has 0 saturated carbocycles. The van der Waals surface area contributed by atoms with Crippen LogP contribution in [-0.4, -0.2) is 0 Å². The molecule has 0 nitrogen and oxygen atoms in total. The lowest BCUT2D eigenvalue weighted by atomic mass is 9.66. The van der Waals surface area contributed by atoms with E-state index in [1.807, 2.05) is 12.1 Å². The van der Waals surface area contributed by atoms with E-state index in [4.69, 9.17) is 0 Å². The second-order valence-electron chi connectivity index (χ2n) is 5.10. The average Bonchev–Trinajstić information content (AvgIpc) is 2.17. The van der Waals surface area contributed by atoms with Gasteiger partial charge in [-0.2, -0.15) is 0 Å². The van der Waals surface area contributed by atoms with Gasteiger partial charge in [-0.1, -0.05) is 46.8 Å². The van der Waals surface area contributed by atoms with E-state index in [1.165, 1.54) is 5.56 Å². The Morgan fingerprint density at radius 3 is 1.67 bits per heavy atom. The Hall–Kier alpha value is -0.850. The van der Waals surface area contributed by atoms with Crippen LogP contribution in [0.15, 0.2) is 24.3 Å². The summed E-state index contributed by atoms with van der Waals surface area (Å²) in [5.74, 6) is 0.930. The molecule has 0 fully saturated rings. The van der Waals surface area contributed by atoms with E-state index < -0.39 is 0 Å². The monoisotopic (exact) mass is 208 g/mol. The summed E-state index contributed by atoms with van der Waals surface area (Å²) in [6, 6.07) is 6.93. The first-order valence-electron chi connectivity index (χ1n) is 5.65. The summed E-state index contributed by atoms with van der Waals surface area (Å²) in [4.78, 5) is 0. The third-order valence-electron chi connectivity index (χ3n) is 3.86. The minimum absolute atomic E-state index is 0.119. The predicted molar refractivity (Wildman–Crippen MR) is 63.4 cm³/mol. The third kappa shape index (κ3) is 2.22. The predicted octanol–water partition coefficient (Wildman–Crippen LogP) is 4.40. The van der Waals surface area contributed by atoms with Crippen LogP contribution in [0.5, 0.6) is 0 Å². The van der Waals surface area contributed by atoms with E-state index >= 15 is 0 Å². The van der Waals surface area contributed by atoms with Crippen molar-refractivity contribution < 1.29 is 4.39 Å². The fourth-order valence-electron chi connectivity index (χ4n) is 2.14. The van der Waals surface area contributed by atoms with Crippen LogP contribution in [0, 0.1) is 17.7 Å². The van der Waals surface area contributed by atoms with Crippen LogP contribution in [-0.2, 0) is 5.41 Å². The molecule has 0 spiro atoms. The molecule has 0 heterocycles. The summed E-state index contributed by atoms with van der Waals surface area (Å²) in [7, 11) is 0. The third-order valence-corrected chi connectivity index (χ3v) is 3.86. The van der Waals surface area contributed by atoms with Gasteiger partial charge in [0.2, 0.25) is 0 Å². The van der Waals surface area contributed by atoms with Crippen LogP contribution in [0.1, 0.15) is 40.2 Å². The topological polar surface area (TPSA) is 0 Å². The molecule has 15 heavy (non-hydrogen) atoms. The van der Waals surface area contributed by atoms with E-state index in [2.05, 4.69) is 34.6 Å². The Morgan fingerprint density at radius 1 is 0.933 bits per heavy atom. The Bertz CT molecular complexity index is 301. The van der Waals surface area contributed by atoms with Crippen molar-refractivity contribution in [3.63, 3.8) is 0 Å². The molecule has 1 heteroatoms. The van der Waals surface area contributed by atoms with Crippen molar-refractivity contribution >= 4 is 0 Å². The van der Waals surface area contributed by atoms with Gasteiger partial charge in [-0.05, 0) is 34.9 Å². The van der Waals surface area contributed by atoms with Crippen molar-refractivity contribution in [3.8, 4) is 0 Å². The molecule has 0 aliphatic carbocycles. The molecule has 0 atom stereocenters. The van der Waals surface area contributed by atoms with Gasteiger partial charge in [-0.3, -0.25) is 0 Å². The van der Waals surface area contributed by atoms with E-state index in [1.54, 1.807) is 12.1 Å². The normalized spacial score (nSPS) is 12.5. The Balaban J connectivity index is 3.16. The van der Waals surface area contributed by atoms with E-state index in [-0.39, 0.29) is 11.2 Å². The Kier molecular flexibility index (Phi) is 3.54. The molecular weight excluding hydrogens is 187 g/mol. The van der Waals surface area contributed by atoms with Crippen LogP contribution in [0.3, 0.4) is 0 Å². The molecule has 0 bridgehead atoms. The van der Waals surface area contributed by atoms with Gasteiger partial charge in [0.25, 0.3) is 0 Å². The van der Waals surface area contributed by atoms with Gasteiger partial charge in [0.05, 0.1) is 0 Å². The first kappa shape index (κ1) is 12.2. The molecule has 0 aromatic heterocycles. The highest BCUT2D eigenvalue weighted by Crippen LogP contribution is 2.38. The Morgan fingerprint density at radius 2 is 1.33 bits per heavy atom. The second kappa shape index (κ2) is 4.34. The number of hydrogen-bond donors (Lipinski definition) is 0. The fraction of sp³-hybridized carbons (Fsp3) is 0.571. The summed E-state index contributed by atoms with van der Waals surface area (Å²) in [5.41, 5.74) is 1.35. The van der Waals surface area contributed by atoms with Crippen molar-refractivity contribution in [2.24, 2.45) is 11.8 Å². The van der Waals surface area contributed by atoms with Gasteiger partial charge in [0.15, 0.2) is 0 Å². The zero-order valence-corrected chi connectivity index (χ0v) is 10.3. The molecular formula is C14H21F. The quantitative estimate of drug-likeness (QED) is 0.691. The smallest absolute Gasteiger partial charge is 0.123 e. The van der Waals surface area contributed by atoms with E-state index in [0.717, 1.165) is 0 Å². The fourth-order valence-corrected chi connectivity index (χ4v) is 2.14. The highest BCUT2D eigenvalue weighted by molar-refractivity contribution is 5.26. The molecule has 0 saturated heterocycles. The van der Waals surface area contributed by atoms with Crippen molar-refractivity contribution in [1.82, 2.24) is 0 Å². The van der Waals surface area contributed by atoms with Crippen molar-refractivity contribution in [1.29, 1.82) is 0 Å². The molecule has 0 unspecified atom stereocenters. The molecule has 0 radical (unpaired) electrons. The molecule has 0 N–H and O–H groups in total. The number of benzene rings is 1. The maximum absolute atomic E-state index is 12.9. The van der Waals surface area contributed by atoms with Gasteiger partial charge in [0.1, 0.15) is 5.82 Å². The maximum Gasteiger partial charge on any atom is 0.123 e. The summed E-state index contributed by atoms with van der Waals surface area (Å²) in [5, 5.41) is 0. The van der Waals surface area contributed by atoms with Crippen molar-refractivity contribution in [2.75, 3.05) is 0 Å². The minimum atomic E-state index is -0.159. The number of rotatable bonds is 3. The molecule has 0 aliphatic heterocycles. The molecule has 0 amide bonds. The lowest BCUT2D eigenvalue weighted by Crippen LogP contribution is -2.34. The van der Waals surface area contributed by atoms with E-state index in [0.29, 0.717) is 11.8 Å². The van der Waals surface area contributed by atoms with E-state index in [9.17, 15) is 4.39 Å². The molecule has 84 valence electrons. The van der Waals surface area contributed by atoms with Crippen LogP contribution in [0.25, 0.3) is 0 Å². The minimum Gasteiger partial charge on any atom is -0.207 e. The van der Waals surface area contributed by atoms with Crippen molar-refractivity contribution in [3.05, 3.63) is 35.6 Å². The first-order chi connectivity index (χ1) is 6.89. The summed E-state index contributed by atoms with van der Waals surface area (Å²) >= 11 is 0. The molecule has 0 aliphatic rings. The largest absolute Gasteiger partial charge is 0.207 e. The molecule has 1 aromatic carbocycles. The maximum atomic E-state index is 12.9. The summed E-state index contributed by atoms with van der Waals surface area (Å²) in [6.45, 7) is 11.2. The Labute approximate surface area is 92.5 Å². The molecule has 1 aromatic rings. The first-order valence-corrected chi connectivity index (χ1v) is 5.65. The summed E-state index contributed by atoms with van der Waals surface area (Å²) in [6.07, 6.45) is 0. The van der Waals surface area contributed by atoms with Gasteiger partial charge in [-0.15, -0.1) is 0 Å². The highest BCUT2D eigenvalue weighted by Gasteiger charge is 2.33. The SMILES string of the molecule is CC(C)C(C)(c1ccc(F)cc1)C(C)C. The average molecular weight is 208 g/mol. The molecule has 1 rings (SSSR count). The van der Waals surface area contributed by atoms with Gasteiger partial charge in [0, 0.05) is 0 Å². The summed E-state index contributed by atoms with van der Waals surface area (Å²) < 4.78 is 12.9. The van der Waals surface area contributed by atoms with Gasteiger partial charge >= 0.3 is 0 Å². The standard InChI is InChI=1S/C14H21F/c1-10(2)14(5,11(3)4)12-6-8-13(15)9-7-12/h6-11H,1-5H3. The van der Waals surface area contributed by atoms with Gasteiger partial charge < -0.3 is 0 Å². The number of halogens is 1. The van der Waals surface area contributed by atoms with Crippen LogP contribution >= 0.6 is 0 Å². The van der Waals surface area contributed by atoms with Crippen LogP contribution < -0.4 is 0 Å². The number of hydrogen-bond acceptors (Lipinski definition) is 0. The zero-order valence-electron chi connectivity index (χ0n) is 10.3. The van der Waals surface area contributed by atoms with Crippen molar-refractivity contribution in [2.45, 2.75) is 40.0 Å². The lowest BCUT2D eigenvalue weighted by molar-refractivity contribution is 0.244. The zero-order chi connectivity index (χ0) is 11.6. The lowest BCUT2D eigenvalue weighted by Gasteiger charge is -2.38.